The van der Waals surface area contributed by atoms with Crippen molar-refractivity contribution in [2.45, 2.75) is 24.1 Å². The maximum Gasteiger partial charge on any atom is 0.573 e. The second kappa shape index (κ2) is 8.99. The second-order valence-corrected chi connectivity index (χ2v) is 10.1. The van der Waals surface area contributed by atoms with Crippen molar-refractivity contribution in [2.75, 3.05) is 10.8 Å². The lowest BCUT2D eigenvalue weighted by Crippen LogP contribution is -2.29. The van der Waals surface area contributed by atoms with E-state index in [1.165, 1.54) is 18.2 Å². The normalized spacial score (nSPS) is 15.7. The smallest absolute Gasteiger partial charge is 0.506 e. The molecule has 0 spiro atoms. The van der Waals surface area contributed by atoms with Gasteiger partial charge in [0.1, 0.15) is 17.2 Å². The molecule has 0 saturated heterocycles. The van der Waals surface area contributed by atoms with Crippen molar-refractivity contribution in [1.29, 1.82) is 0 Å². The highest BCUT2D eigenvalue weighted by atomic mass is 32.2. The fourth-order valence-corrected chi connectivity index (χ4v) is 5.04. The van der Waals surface area contributed by atoms with Crippen LogP contribution in [0.2, 0.25) is 0 Å². The van der Waals surface area contributed by atoms with Gasteiger partial charge in [0.05, 0.1) is 11.1 Å². The molecule has 33 heavy (non-hydrogen) atoms. The number of nitrogens with one attached hydrogen (secondary N) is 2. The molecule has 10 nitrogen and oxygen atoms in total. The zero-order valence-electron chi connectivity index (χ0n) is 16.6. The number of aryl methyl sites for hydroxylation is 1. The summed E-state index contributed by atoms with van der Waals surface area (Å²) in [6.45, 7) is -0.00726. The largest absolute Gasteiger partial charge is 0.573 e. The number of aromatic hydroxyl groups is 1. The quantitative estimate of drug-likeness (QED) is 0.399. The summed E-state index contributed by atoms with van der Waals surface area (Å²) in [4.78, 5) is -0.240. The number of aliphatic hydroxyl groups excluding tert-OH is 1. The molecule has 0 unspecified atom stereocenters. The number of alkyl halides is 3. The van der Waals surface area contributed by atoms with Gasteiger partial charge < -0.3 is 14.9 Å². The number of phenols is 1. The van der Waals surface area contributed by atoms with Gasteiger partial charge in [-0.3, -0.25) is 0 Å². The predicted molar refractivity (Wildman–Crippen MR) is 110 cm³/mol. The number of anilines is 1. The van der Waals surface area contributed by atoms with Crippen LogP contribution in [0, 0.1) is 0 Å². The number of hydrogen-bond acceptors (Lipinski definition) is 7. The standard InChI is InChI=1S/C18H18F3N3O7S2/c19-18(20,21)31-13-4-6-14(7-5-13)32(27,28)22-9-1-2-12-3-8-15(16(25)10-12)24-11-17(26)23-33(24,29)30/h3-8,10-11,22-23,25-26H,1-2,9H2. The Morgan fingerprint density at radius 1 is 1.09 bits per heavy atom. The van der Waals surface area contributed by atoms with Crippen molar-refractivity contribution >= 4 is 25.9 Å². The Labute approximate surface area is 187 Å². The molecular formula is C18H18F3N3O7S2. The number of aliphatic hydroxyl groups is 1. The Bertz CT molecular complexity index is 1260. The number of rotatable bonds is 8. The van der Waals surface area contributed by atoms with E-state index in [0.29, 0.717) is 22.7 Å². The number of sulfonamides is 1. The summed E-state index contributed by atoms with van der Waals surface area (Å²) in [5, 5.41) is 19.5. The molecule has 0 bridgehead atoms. The summed E-state index contributed by atoms with van der Waals surface area (Å²) < 4.78 is 93.4. The van der Waals surface area contributed by atoms with Gasteiger partial charge in [-0.2, -0.15) is 8.42 Å². The summed E-state index contributed by atoms with van der Waals surface area (Å²) in [6, 6.07) is 7.90. The second-order valence-electron chi connectivity index (χ2n) is 6.76. The summed E-state index contributed by atoms with van der Waals surface area (Å²) in [5.41, 5.74) is 0.496. The zero-order chi connectivity index (χ0) is 24.4. The van der Waals surface area contributed by atoms with Gasteiger partial charge in [0, 0.05) is 6.54 Å². The van der Waals surface area contributed by atoms with E-state index in [1.54, 1.807) is 0 Å². The molecule has 0 aromatic heterocycles. The Balaban J connectivity index is 1.56. The maximum absolute atomic E-state index is 12.3. The number of hydrogen-bond donors (Lipinski definition) is 4. The average Bonchev–Trinajstić information content (AvgIpc) is 2.96. The molecule has 2 aromatic carbocycles. The molecule has 0 aliphatic carbocycles. The molecule has 0 fully saturated rings. The van der Waals surface area contributed by atoms with Crippen LogP contribution in [-0.2, 0) is 26.7 Å². The van der Waals surface area contributed by atoms with Crippen LogP contribution in [0.25, 0.3) is 0 Å². The van der Waals surface area contributed by atoms with Gasteiger partial charge in [0.2, 0.25) is 15.9 Å². The van der Waals surface area contributed by atoms with Crippen LogP contribution in [0.15, 0.2) is 59.4 Å². The molecule has 4 N–H and O–H groups in total. The van der Waals surface area contributed by atoms with Crippen LogP contribution in [-0.4, -0.2) is 40.0 Å². The summed E-state index contributed by atoms with van der Waals surface area (Å²) in [5.74, 6) is -1.52. The van der Waals surface area contributed by atoms with Gasteiger partial charge in [-0.25, -0.2) is 22.2 Å². The van der Waals surface area contributed by atoms with Gasteiger partial charge >= 0.3 is 16.6 Å². The first-order valence-electron chi connectivity index (χ1n) is 9.17. The third kappa shape index (κ3) is 6.21. The topological polar surface area (TPSA) is 145 Å². The predicted octanol–water partition coefficient (Wildman–Crippen LogP) is 2.21. The Morgan fingerprint density at radius 3 is 2.30 bits per heavy atom. The SMILES string of the molecule is O=S(=O)(NCCCc1ccc(N2C=C(O)NS2(=O)=O)c(O)c1)c1ccc(OC(F)(F)F)cc1. The first-order valence-corrected chi connectivity index (χ1v) is 12.1. The average molecular weight is 509 g/mol. The van der Waals surface area contributed by atoms with E-state index in [-0.39, 0.29) is 22.9 Å². The Kier molecular flexibility index (Phi) is 6.67. The maximum atomic E-state index is 12.3. The molecule has 0 atom stereocenters. The molecule has 1 aliphatic heterocycles. The lowest BCUT2D eigenvalue weighted by molar-refractivity contribution is -0.274. The van der Waals surface area contributed by atoms with E-state index >= 15 is 0 Å². The van der Waals surface area contributed by atoms with Crippen molar-refractivity contribution < 1.29 is 45.0 Å². The zero-order valence-corrected chi connectivity index (χ0v) is 18.2. The van der Waals surface area contributed by atoms with E-state index < -0.39 is 38.2 Å². The van der Waals surface area contributed by atoms with Crippen molar-refractivity contribution in [1.82, 2.24) is 9.44 Å². The molecular weight excluding hydrogens is 491 g/mol. The van der Waals surface area contributed by atoms with Crippen LogP contribution in [0.4, 0.5) is 18.9 Å². The number of benzene rings is 2. The van der Waals surface area contributed by atoms with Crippen molar-refractivity contribution in [3.63, 3.8) is 0 Å². The fraction of sp³-hybridized carbons (Fsp3) is 0.222. The van der Waals surface area contributed by atoms with Crippen LogP contribution in [0.3, 0.4) is 0 Å². The highest BCUT2D eigenvalue weighted by molar-refractivity contribution is 7.91. The number of nitrogens with zero attached hydrogens (tertiary/aromatic N) is 1. The van der Waals surface area contributed by atoms with E-state index in [1.807, 2.05) is 4.72 Å². The fourth-order valence-electron chi connectivity index (χ4n) is 2.90. The summed E-state index contributed by atoms with van der Waals surface area (Å²) in [6.07, 6.45) is -3.37. The van der Waals surface area contributed by atoms with Crippen LogP contribution >= 0.6 is 0 Å². The van der Waals surface area contributed by atoms with Crippen LogP contribution in [0.5, 0.6) is 11.5 Å². The minimum absolute atomic E-state index is 0.00726. The van der Waals surface area contributed by atoms with Crippen molar-refractivity contribution in [2.24, 2.45) is 0 Å². The van der Waals surface area contributed by atoms with E-state index in [9.17, 15) is 40.2 Å². The molecule has 2 aromatic rings. The van der Waals surface area contributed by atoms with Gasteiger partial charge in [0.25, 0.3) is 0 Å². The third-order valence-electron chi connectivity index (χ3n) is 4.31. The molecule has 0 radical (unpaired) electrons. The number of phenolic OH excluding ortho intramolecular Hbond substituents is 1. The molecule has 1 aliphatic rings. The molecule has 3 rings (SSSR count). The molecule has 180 valence electrons. The highest BCUT2D eigenvalue weighted by Crippen LogP contribution is 2.32. The monoisotopic (exact) mass is 509 g/mol. The van der Waals surface area contributed by atoms with Crippen LogP contribution in [0.1, 0.15) is 12.0 Å². The third-order valence-corrected chi connectivity index (χ3v) is 7.08. The van der Waals surface area contributed by atoms with E-state index in [4.69, 9.17) is 0 Å². The minimum Gasteiger partial charge on any atom is -0.506 e. The van der Waals surface area contributed by atoms with Crippen LogP contribution < -0.4 is 18.5 Å². The number of halogens is 3. The van der Waals surface area contributed by atoms with Gasteiger partial charge in [-0.05, 0) is 54.8 Å². The summed E-state index contributed by atoms with van der Waals surface area (Å²) >= 11 is 0. The van der Waals surface area contributed by atoms with Gasteiger partial charge in [0.15, 0.2) is 0 Å². The summed E-state index contributed by atoms with van der Waals surface area (Å²) in [7, 11) is -8.03. The highest BCUT2D eigenvalue weighted by Gasteiger charge is 2.31. The van der Waals surface area contributed by atoms with Crippen molar-refractivity contribution in [3.05, 3.63) is 60.1 Å². The van der Waals surface area contributed by atoms with Gasteiger partial charge in [-0.1, -0.05) is 6.07 Å². The first kappa shape index (κ1) is 24.5. The van der Waals surface area contributed by atoms with Gasteiger partial charge in [-0.15, -0.1) is 13.2 Å². The van der Waals surface area contributed by atoms with E-state index in [0.717, 1.165) is 30.5 Å². The number of ether oxygens (including phenoxy) is 1. The lowest BCUT2D eigenvalue weighted by atomic mass is 10.1. The van der Waals surface area contributed by atoms with Crippen molar-refractivity contribution in [3.8, 4) is 11.5 Å². The Hall–Kier alpha value is -3.17. The molecule has 1 heterocycles. The molecule has 0 saturated carbocycles. The Morgan fingerprint density at radius 2 is 1.76 bits per heavy atom. The first-order chi connectivity index (χ1) is 15.3. The lowest BCUT2D eigenvalue weighted by Gasteiger charge is -2.16. The van der Waals surface area contributed by atoms with E-state index in [2.05, 4.69) is 9.46 Å². The minimum atomic E-state index is -4.89. The molecule has 15 heteroatoms. The molecule has 0 amide bonds.